The summed E-state index contributed by atoms with van der Waals surface area (Å²) >= 11 is 1.54. The molecule has 146 valence electrons. The maximum Gasteiger partial charge on any atom is 0.265 e. The molecule has 2 saturated heterocycles. The van der Waals surface area contributed by atoms with E-state index in [1.54, 1.807) is 0 Å². The number of carbonyl (C=O) groups excluding carboxylic acids is 1. The van der Waals surface area contributed by atoms with Crippen molar-refractivity contribution in [3.63, 3.8) is 0 Å². The second kappa shape index (κ2) is 8.81. The standard InChI is InChI=1S/C20H33N3O2S/c1-14(2)19-21-15(3)18(26-19)20(25)23-11-16(17(12-23)13-24)10-22-8-6-4-5-7-9-22/h14,16-17,24H,4-13H2,1-3H3. The summed E-state index contributed by atoms with van der Waals surface area (Å²) in [5.74, 6) is 1.02. The summed E-state index contributed by atoms with van der Waals surface area (Å²) in [6.07, 6.45) is 5.21. The fraction of sp³-hybridized carbons (Fsp3) is 0.800. The number of rotatable bonds is 5. The number of nitrogens with zero attached hydrogens (tertiary/aromatic N) is 3. The van der Waals surface area contributed by atoms with E-state index in [1.165, 1.54) is 37.0 Å². The topological polar surface area (TPSA) is 56.7 Å². The lowest BCUT2D eigenvalue weighted by molar-refractivity contribution is 0.0783. The summed E-state index contributed by atoms with van der Waals surface area (Å²) < 4.78 is 0. The predicted octanol–water partition coefficient (Wildman–Crippen LogP) is 3.13. The Labute approximate surface area is 161 Å². The van der Waals surface area contributed by atoms with Crippen LogP contribution >= 0.6 is 11.3 Å². The average molecular weight is 380 g/mol. The highest BCUT2D eigenvalue weighted by molar-refractivity contribution is 7.13. The van der Waals surface area contributed by atoms with Crippen molar-refractivity contribution in [3.8, 4) is 0 Å². The predicted molar refractivity (Wildman–Crippen MR) is 106 cm³/mol. The molecule has 2 aliphatic heterocycles. The van der Waals surface area contributed by atoms with Crippen LogP contribution in [0, 0.1) is 18.8 Å². The highest BCUT2D eigenvalue weighted by Crippen LogP contribution is 2.30. The molecule has 6 heteroatoms. The molecule has 3 rings (SSSR count). The van der Waals surface area contributed by atoms with E-state index in [0.717, 1.165) is 41.8 Å². The molecule has 0 aliphatic carbocycles. The second-order valence-electron chi connectivity index (χ2n) is 8.25. The zero-order chi connectivity index (χ0) is 18.7. The third-order valence-corrected chi connectivity index (χ3v) is 7.24. The molecular formula is C20H33N3O2S. The fourth-order valence-corrected chi connectivity index (χ4v) is 5.21. The molecule has 0 spiro atoms. The van der Waals surface area contributed by atoms with E-state index < -0.39 is 0 Å². The van der Waals surface area contributed by atoms with Crippen molar-refractivity contribution < 1.29 is 9.90 Å². The molecule has 2 atom stereocenters. The zero-order valence-corrected chi connectivity index (χ0v) is 17.2. The van der Waals surface area contributed by atoms with Crippen molar-refractivity contribution in [1.82, 2.24) is 14.8 Å². The number of hydrogen-bond acceptors (Lipinski definition) is 5. The van der Waals surface area contributed by atoms with Gasteiger partial charge in [-0.15, -0.1) is 11.3 Å². The number of amides is 1. The van der Waals surface area contributed by atoms with E-state index in [2.05, 4.69) is 23.7 Å². The third kappa shape index (κ3) is 4.46. The quantitative estimate of drug-likeness (QED) is 0.854. The van der Waals surface area contributed by atoms with E-state index in [1.807, 2.05) is 11.8 Å². The first-order valence-electron chi connectivity index (χ1n) is 10.1. The Balaban J connectivity index is 1.66. The lowest BCUT2D eigenvalue weighted by Crippen LogP contribution is -2.35. The molecular weight excluding hydrogens is 346 g/mol. The van der Waals surface area contributed by atoms with Crippen LogP contribution in [0.1, 0.15) is 65.8 Å². The highest BCUT2D eigenvalue weighted by Gasteiger charge is 2.37. The molecule has 1 aromatic heterocycles. The maximum absolute atomic E-state index is 13.1. The number of likely N-dealkylation sites (tertiary alicyclic amines) is 2. The molecule has 5 nitrogen and oxygen atoms in total. The molecule has 2 fully saturated rings. The van der Waals surface area contributed by atoms with Gasteiger partial charge in [-0.1, -0.05) is 26.7 Å². The largest absolute Gasteiger partial charge is 0.396 e. The van der Waals surface area contributed by atoms with Crippen molar-refractivity contribution >= 4 is 17.2 Å². The van der Waals surface area contributed by atoms with E-state index in [0.29, 0.717) is 18.4 Å². The molecule has 26 heavy (non-hydrogen) atoms. The summed E-state index contributed by atoms with van der Waals surface area (Å²) in [6, 6.07) is 0. The van der Waals surface area contributed by atoms with Crippen LogP contribution in [-0.4, -0.2) is 65.1 Å². The van der Waals surface area contributed by atoms with Gasteiger partial charge in [0.15, 0.2) is 0 Å². The third-order valence-electron chi connectivity index (χ3n) is 5.79. The lowest BCUT2D eigenvalue weighted by Gasteiger charge is -2.26. The molecule has 0 bridgehead atoms. The number of thiazole rings is 1. The molecule has 2 unspecified atom stereocenters. The zero-order valence-electron chi connectivity index (χ0n) is 16.4. The number of aliphatic hydroxyl groups excluding tert-OH is 1. The minimum absolute atomic E-state index is 0.101. The first kappa shape index (κ1) is 19.8. The van der Waals surface area contributed by atoms with Crippen LogP contribution in [0.25, 0.3) is 0 Å². The van der Waals surface area contributed by atoms with Gasteiger partial charge in [0.05, 0.1) is 10.7 Å². The summed E-state index contributed by atoms with van der Waals surface area (Å²) in [7, 11) is 0. The van der Waals surface area contributed by atoms with Crippen LogP contribution in [-0.2, 0) is 0 Å². The van der Waals surface area contributed by atoms with Gasteiger partial charge < -0.3 is 14.9 Å². The van der Waals surface area contributed by atoms with Crippen LogP contribution in [0.3, 0.4) is 0 Å². The van der Waals surface area contributed by atoms with Crippen molar-refractivity contribution in [2.24, 2.45) is 11.8 Å². The van der Waals surface area contributed by atoms with Gasteiger partial charge in [0.1, 0.15) is 4.88 Å². The number of aryl methyl sites for hydroxylation is 1. The SMILES string of the molecule is Cc1nc(C(C)C)sc1C(=O)N1CC(CO)C(CN2CCCCCC2)C1. The summed E-state index contributed by atoms with van der Waals surface area (Å²) in [4.78, 5) is 22.9. The fourth-order valence-electron chi connectivity index (χ4n) is 4.17. The Kier molecular flexibility index (Phi) is 6.70. The lowest BCUT2D eigenvalue weighted by atomic mass is 9.96. The van der Waals surface area contributed by atoms with Crippen LogP contribution in [0.15, 0.2) is 0 Å². The second-order valence-corrected chi connectivity index (χ2v) is 9.28. The summed E-state index contributed by atoms with van der Waals surface area (Å²) in [5.41, 5.74) is 0.847. The number of aromatic nitrogens is 1. The normalized spacial score (nSPS) is 25.0. The smallest absolute Gasteiger partial charge is 0.265 e. The van der Waals surface area contributed by atoms with Gasteiger partial charge in [-0.25, -0.2) is 4.98 Å². The van der Waals surface area contributed by atoms with Gasteiger partial charge in [0, 0.05) is 38.1 Å². The van der Waals surface area contributed by atoms with Crippen LogP contribution in [0.4, 0.5) is 0 Å². The summed E-state index contributed by atoms with van der Waals surface area (Å²) in [5, 5.41) is 10.9. The monoisotopic (exact) mass is 379 g/mol. The maximum atomic E-state index is 13.1. The molecule has 1 amide bonds. The highest BCUT2D eigenvalue weighted by atomic mass is 32.1. The Morgan fingerprint density at radius 2 is 1.85 bits per heavy atom. The minimum atomic E-state index is 0.101. The molecule has 0 saturated carbocycles. The van der Waals surface area contributed by atoms with E-state index in [4.69, 9.17) is 0 Å². The number of hydrogen-bond donors (Lipinski definition) is 1. The first-order valence-corrected chi connectivity index (χ1v) is 10.9. The molecule has 1 N–H and O–H groups in total. The Bertz CT molecular complexity index is 608. The van der Waals surface area contributed by atoms with Gasteiger partial charge in [0.25, 0.3) is 5.91 Å². The van der Waals surface area contributed by atoms with Crippen LogP contribution in [0.5, 0.6) is 0 Å². The van der Waals surface area contributed by atoms with Crippen molar-refractivity contribution in [2.45, 2.75) is 52.4 Å². The molecule has 1 aromatic rings. The van der Waals surface area contributed by atoms with Gasteiger partial charge in [-0.2, -0.15) is 0 Å². The Morgan fingerprint density at radius 3 is 2.42 bits per heavy atom. The van der Waals surface area contributed by atoms with Gasteiger partial charge in [0.2, 0.25) is 0 Å². The van der Waals surface area contributed by atoms with Crippen molar-refractivity contribution in [2.75, 3.05) is 39.3 Å². The van der Waals surface area contributed by atoms with E-state index in [9.17, 15) is 9.90 Å². The van der Waals surface area contributed by atoms with Crippen LogP contribution in [0.2, 0.25) is 0 Å². The number of aliphatic hydroxyl groups is 1. The van der Waals surface area contributed by atoms with Gasteiger partial charge >= 0.3 is 0 Å². The molecule has 2 aliphatic rings. The van der Waals surface area contributed by atoms with E-state index >= 15 is 0 Å². The van der Waals surface area contributed by atoms with Crippen molar-refractivity contribution in [3.05, 3.63) is 15.6 Å². The molecule has 3 heterocycles. The molecule has 0 aromatic carbocycles. The average Bonchev–Trinajstić information content (AvgIpc) is 3.10. The van der Waals surface area contributed by atoms with Crippen molar-refractivity contribution in [1.29, 1.82) is 0 Å². The minimum Gasteiger partial charge on any atom is -0.396 e. The van der Waals surface area contributed by atoms with Gasteiger partial charge in [-0.05, 0) is 38.8 Å². The number of carbonyl (C=O) groups is 1. The van der Waals surface area contributed by atoms with Gasteiger partial charge in [-0.3, -0.25) is 4.79 Å². The Morgan fingerprint density at radius 1 is 1.19 bits per heavy atom. The summed E-state index contributed by atoms with van der Waals surface area (Å²) in [6.45, 7) is 11.1. The first-order chi connectivity index (χ1) is 12.5. The van der Waals surface area contributed by atoms with E-state index in [-0.39, 0.29) is 18.4 Å². The molecule has 0 radical (unpaired) electrons. The van der Waals surface area contributed by atoms with Crippen LogP contribution < -0.4 is 0 Å². The Hall–Kier alpha value is -0.980.